The van der Waals surface area contributed by atoms with Gasteiger partial charge in [0.1, 0.15) is 11.5 Å². The second-order valence-corrected chi connectivity index (χ2v) is 7.64. The molecule has 0 aliphatic carbocycles. The summed E-state index contributed by atoms with van der Waals surface area (Å²) in [6.45, 7) is 1.63. The van der Waals surface area contributed by atoms with E-state index in [0.29, 0.717) is 28.2 Å². The molecule has 0 unspecified atom stereocenters. The molecule has 0 spiro atoms. The Kier molecular flexibility index (Phi) is 6.85. The fraction of sp³-hybridized carbons (Fsp3) is 0.273. The van der Waals surface area contributed by atoms with Gasteiger partial charge in [0.2, 0.25) is 0 Å². The highest BCUT2D eigenvalue weighted by atomic mass is 32.1. The molecule has 3 rings (SSSR count). The van der Waals surface area contributed by atoms with E-state index in [1.165, 1.54) is 13.2 Å². The van der Waals surface area contributed by atoms with E-state index in [1.54, 1.807) is 18.2 Å². The molecule has 2 aromatic carbocycles. The molecular weight excluding hydrogens is 390 g/mol. The quantitative estimate of drug-likeness (QED) is 0.299. The topological polar surface area (TPSA) is 69.0 Å². The molecule has 0 radical (unpaired) electrons. The molecule has 0 aliphatic heterocycles. The van der Waals surface area contributed by atoms with Crippen molar-refractivity contribution >= 4 is 33.5 Å². The third-order valence-corrected chi connectivity index (χ3v) is 5.11. The first-order valence-electron chi connectivity index (χ1n) is 9.18. The number of carbonyl (C=O) groups excluding carboxylic acids is 1. The van der Waals surface area contributed by atoms with Crippen molar-refractivity contribution < 1.29 is 18.7 Å². The molecule has 0 N–H and O–H groups in total. The van der Waals surface area contributed by atoms with Gasteiger partial charge in [-0.15, -0.1) is 0 Å². The molecular formula is C22H23NO5S. The molecule has 1 aromatic heterocycles. The highest BCUT2D eigenvalue weighted by Gasteiger charge is 2.18. The summed E-state index contributed by atoms with van der Waals surface area (Å²) in [5.41, 5.74) is 1.58. The SMILES string of the molecule is COc1ccc2oc(=O)sc2c1C(=O)/C=C/c1ccc(OCCCN(C)C)cc1. The van der Waals surface area contributed by atoms with E-state index < -0.39 is 4.94 Å². The Hall–Kier alpha value is -2.90. The van der Waals surface area contributed by atoms with Gasteiger partial charge in [-0.3, -0.25) is 4.79 Å². The Labute approximate surface area is 173 Å². The molecule has 0 saturated heterocycles. The number of fused-ring (bicyclic) bond motifs is 1. The fourth-order valence-electron chi connectivity index (χ4n) is 2.83. The van der Waals surface area contributed by atoms with Crippen LogP contribution in [0.5, 0.6) is 11.5 Å². The maximum Gasteiger partial charge on any atom is 0.396 e. The van der Waals surface area contributed by atoms with Crippen molar-refractivity contribution in [3.05, 3.63) is 63.3 Å². The maximum absolute atomic E-state index is 12.8. The molecule has 0 atom stereocenters. The van der Waals surface area contributed by atoms with Gasteiger partial charge < -0.3 is 18.8 Å². The summed E-state index contributed by atoms with van der Waals surface area (Å²) in [6.07, 6.45) is 4.14. The van der Waals surface area contributed by atoms with Crippen molar-refractivity contribution in [3.63, 3.8) is 0 Å². The van der Waals surface area contributed by atoms with E-state index >= 15 is 0 Å². The lowest BCUT2D eigenvalue weighted by molar-refractivity contribution is 0.104. The molecule has 1 heterocycles. The van der Waals surface area contributed by atoms with E-state index in [4.69, 9.17) is 13.9 Å². The van der Waals surface area contributed by atoms with Gasteiger partial charge in [0, 0.05) is 6.54 Å². The average Bonchev–Trinajstić information content (AvgIpc) is 3.09. The highest BCUT2D eigenvalue weighted by Crippen LogP contribution is 2.31. The van der Waals surface area contributed by atoms with Crippen LogP contribution in [0, 0.1) is 0 Å². The van der Waals surface area contributed by atoms with Crippen LogP contribution in [0.4, 0.5) is 0 Å². The zero-order valence-corrected chi connectivity index (χ0v) is 17.5. The molecule has 7 heteroatoms. The Morgan fingerprint density at radius 3 is 2.62 bits per heavy atom. The number of nitrogens with zero attached hydrogens (tertiary/aromatic N) is 1. The monoisotopic (exact) mass is 413 g/mol. The minimum atomic E-state index is -0.451. The number of methoxy groups -OCH3 is 1. The molecule has 0 fully saturated rings. The van der Waals surface area contributed by atoms with Gasteiger partial charge in [-0.05, 0) is 56.4 Å². The zero-order chi connectivity index (χ0) is 20.8. The first-order chi connectivity index (χ1) is 14.0. The first-order valence-corrected chi connectivity index (χ1v) is 10.00. The zero-order valence-electron chi connectivity index (χ0n) is 16.6. The molecule has 0 amide bonds. The number of ether oxygens (including phenoxy) is 2. The van der Waals surface area contributed by atoms with Crippen LogP contribution >= 0.6 is 11.3 Å². The number of carbonyl (C=O) groups is 1. The minimum Gasteiger partial charge on any atom is -0.496 e. The Bertz CT molecular complexity index is 1060. The number of rotatable bonds is 9. The molecule has 0 saturated carbocycles. The van der Waals surface area contributed by atoms with Crippen molar-refractivity contribution in [2.24, 2.45) is 0 Å². The van der Waals surface area contributed by atoms with E-state index in [0.717, 1.165) is 35.6 Å². The number of hydrogen-bond acceptors (Lipinski definition) is 7. The molecule has 6 nitrogen and oxygen atoms in total. The van der Waals surface area contributed by atoms with E-state index in [2.05, 4.69) is 4.90 Å². The predicted octanol–water partition coefficient (Wildman–Crippen LogP) is 4.09. The van der Waals surface area contributed by atoms with Gasteiger partial charge in [-0.25, -0.2) is 4.79 Å². The lowest BCUT2D eigenvalue weighted by atomic mass is 10.1. The highest BCUT2D eigenvalue weighted by molar-refractivity contribution is 7.16. The number of hydrogen-bond donors (Lipinski definition) is 0. The standard InChI is InChI=1S/C22H23NO5S/c1-23(2)13-4-14-27-16-8-5-15(6-9-16)7-10-17(24)20-18(26-3)11-12-19-21(20)29-22(25)28-19/h5-12H,4,13-14H2,1-3H3/b10-7+. The van der Waals surface area contributed by atoms with E-state index in [1.807, 2.05) is 38.4 Å². The van der Waals surface area contributed by atoms with E-state index in [9.17, 15) is 9.59 Å². The Morgan fingerprint density at radius 2 is 1.93 bits per heavy atom. The van der Waals surface area contributed by atoms with Crippen LogP contribution in [0.15, 0.2) is 51.7 Å². The van der Waals surface area contributed by atoms with Crippen molar-refractivity contribution in [2.75, 3.05) is 34.4 Å². The van der Waals surface area contributed by atoms with Crippen LogP contribution < -0.4 is 14.4 Å². The summed E-state index contributed by atoms with van der Waals surface area (Å²) in [6, 6.07) is 10.8. The van der Waals surface area contributed by atoms with Gasteiger partial charge >= 0.3 is 4.94 Å². The van der Waals surface area contributed by atoms with Gasteiger partial charge in [-0.1, -0.05) is 29.5 Å². The molecule has 0 aliphatic rings. The van der Waals surface area contributed by atoms with Crippen LogP contribution in [0.25, 0.3) is 16.4 Å². The minimum absolute atomic E-state index is 0.256. The smallest absolute Gasteiger partial charge is 0.396 e. The molecule has 0 bridgehead atoms. The predicted molar refractivity (Wildman–Crippen MR) is 115 cm³/mol. The van der Waals surface area contributed by atoms with Gasteiger partial charge in [0.25, 0.3) is 0 Å². The van der Waals surface area contributed by atoms with Crippen LogP contribution in [0.3, 0.4) is 0 Å². The molecule has 152 valence electrons. The van der Waals surface area contributed by atoms with Crippen molar-refractivity contribution in [2.45, 2.75) is 6.42 Å². The van der Waals surface area contributed by atoms with Crippen LogP contribution in [0.2, 0.25) is 0 Å². The summed E-state index contributed by atoms with van der Waals surface area (Å²) in [5, 5.41) is 0. The van der Waals surface area contributed by atoms with Gasteiger partial charge in [0.05, 0.1) is 24.0 Å². The summed E-state index contributed by atoms with van der Waals surface area (Å²) in [4.78, 5) is 26.0. The normalized spacial score (nSPS) is 11.4. The lowest BCUT2D eigenvalue weighted by Crippen LogP contribution is -2.15. The van der Waals surface area contributed by atoms with Crippen LogP contribution in [-0.2, 0) is 0 Å². The van der Waals surface area contributed by atoms with Crippen molar-refractivity contribution in [3.8, 4) is 11.5 Å². The van der Waals surface area contributed by atoms with Gasteiger partial charge in [-0.2, -0.15) is 0 Å². The summed E-state index contributed by atoms with van der Waals surface area (Å²) in [5.74, 6) is 0.945. The maximum atomic E-state index is 12.8. The number of ketones is 1. The summed E-state index contributed by atoms with van der Waals surface area (Å²) >= 11 is 0.895. The van der Waals surface area contributed by atoms with E-state index in [-0.39, 0.29) is 5.78 Å². The third-order valence-electron chi connectivity index (χ3n) is 4.25. The average molecular weight is 413 g/mol. The lowest BCUT2D eigenvalue weighted by Gasteiger charge is -2.10. The second-order valence-electron chi connectivity index (χ2n) is 6.70. The molecule has 3 aromatic rings. The fourth-order valence-corrected chi connectivity index (χ4v) is 3.64. The summed E-state index contributed by atoms with van der Waals surface area (Å²) in [7, 11) is 5.55. The summed E-state index contributed by atoms with van der Waals surface area (Å²) < 4.78 is 16.6. The Morgan fingerprint density at radius 1 is 1.17 bits per heavy atom. The Balaban J connectivity index is 1.71. The largest absolute Gasteiger partial charge is 0.496 e. The van der Waals surface area contributed by atoms with Crippen LogP contribution in [0.1, 0.15) is 22.3 Å². The van der Waals surface area contributed by atoms with Crippen molar-refractivity contribution in [1.82, 2.24) is 4.90 Å². The second kappa shape index (κ2) is 9.54. The molecule has 29 heavy (non-hydrogen) atoms. The third kappa shape index (κ3) is 5.34. The number of benzene rings is 2. The number of allylic oxidation sites excluding steroid dienone is 1. The van der Waals surface area contributed by atoms with Crippen molar-refractivity contribution in [1.29, 1.82) is 0 Å². The van der Waals surface area contributed by atoms with Gasteiger partial charge in [0.15, 0.2) is 11.4 Å². The van der Waals surface area contributed by atoms with Crippen LogP contribution in [-0.4, -0.2) is 45.0 Å². The first kappa shape index (κ1) is 20.8.